The van der Waals surface area contributed by atoms with Crippen molar-refractivity contribution in [3.63, 3.8) is 0 Å². The summed E-state index contributed by atoms with van der Waals surface area (Å²) in [6.45, 7) is 1.84. The monoisotopic (exact) mass is 266 g/mol. The first kappa shape index (κ1) is 14.8. The van der Waals surface area contributed by atoms with E-state index in [9.17, 15) is 9.59 Å². The predicted octanol–water partition coefficient (Wildman–Crippen LogP) is 0.845. The lowest BCUT2D eigenvalue weighted by atomic mass is 10.2. The summed E-state index contributed by atoms with van der Waals surface area (Å²) in [4.78, 5) is 22.4. The molecule has 1 amide bonds. The van der Waals surface area contributed by atoms with Gasteiger partial charge >= 0.3 is 5.97 Å². The largest absolute Gasteiger partial charge is 0.491 e. The summed E-state index contributed by atoms with van der Waals surface area (Å²) in [6, 6.07) is 6.98. The number of carbonyl (C=O) groups is 2. The van der Waals surface area contributed by atoms with E-state index in [1.807, 2.05) is 0 Å². The van der Waals surface area contributed by atoms with Gasteiger partial charge in [0.2, 0.25) is 0 Å². The molecule has 0 saturated heterocycles. The molecule has 0 aliphatic carbocycles. The molecule has 19 heavy (non-hydrogen) atoms. The fraction of sp³-hybridized carbons (Fsp3) is 0.385. The minimum absolute atomic E-state index is 0.0259. The molecule has 0 aliphatic heterocycles. The van der Waals surface area contributed by atoms with Crippen LogP contribution in [0.4, 0.5) is 5.69 Å². The van der Waals surface area contributed by atoms with Gasteiger partial charge in [0.25, 0.3) is 5.91 Å². The van der Waals surface area contributed by atoms with Crippen LogP contribution < -0.4 is 16.2 Å². The molecule has 1 aromatic rings. The highest BCUT2D eigenvalue weighted by molar-refractivity contribution is 5.82. The van der Waals surface area contributed by atoms with E-state index in [-0.39, 0.29) is 13.0 Å². The molecule has 0 spiro atoms. The minimum Gasteiger partial charge on any atom is -0.491 e. The number of carbonyl (C=O) groups excluding carboxylic acids is 2. The highest BCUT2D eigenvalue weighted by atomic mass is 16.6. The van der Waals surface area contributed by atoms with Crippen molar-refractivity contribution in [3.05, 3.63) is 24.3 Å². The van der Waals surface area contributed by atoms with Crippen LogP contribution in [0.1, 0.15) is 19.8 Å². The number of esters is 1. The third-order valence-corrected chi connectivity index (χ3v) is 2.44. The van der Waals surface area contributed by atoms with Crippen LogP contribution in [0.5, 0.6) is 5.75 Å². The summed E-state index contributed by atoms with van der Waals surface area (Å²) in [7, 11) is 0. The zero-order valence-corrected chi connectivity index (χ0v) is 10.8. The molecule has 0 radical (unpaired) electrons. The Balaban J connectivity index is 2.35. The maximum Gasteiger partial charge on any atom is 0.310 e. The highest BCUT2D eigenvalue weighted by Crippen LogP contribution is 2.19. The molecule has 0 bridgehead atoms. The van der Waals surface area contributed by atoms with E-state index >= 15 is 0 Å². The van der Waals surface area contributed by atoms with Crippen LogP contribution in [-0.2, 0) is 14.3 Å². The van der Waals surface area contributed by atoms with E-state index in [4.69, 9.17) is 20.9 Å². The number of ether oxygens (including phenoxy) is 2. The zero-order chi connectivity index (χ0) is 14.3. The molecule has 6 nitrogen and oxygen atoms in total. The second-order valence-electron chi connectivity index (χ2n) is 3.93. The Bertz CT molecular complexity index is 448. The number of amides is 1. The van der Waals surface area contributed by atoms with Gasteiger partial charge in [-0.05, 0) is 18.6 Å². The lowest BCUT2D eigenvalue weighted by Gasteiger charge is -2.13. The third-order valence-electron chi connectivity index (χ3n) is 2.44. The van der Waals surface area contributed by atoms with Gasteiger partial charge in [-0.1, -0.05) is 19.1 Å². The normalized spacial score (nSPS) is 11.6. The number of nitrogens with two attached hydrogens (primary N) is 2. The SMILES string of the molecule is CCC(OC(=O)CCOc1ccccc1N)C(N)=O. The smallest absolute Gasteiger partial charge is 0.310 e. The van der Waals surface area contributed by atoms with Crippen LogP contribution in [-0.4, -0.2) is 24.6 Å². The number of primary amides is 1. The van der Waals surface area contributed by atoms with Gasteiger partial charge in [0.05, 0.1) is 18.7 Å². The third kappa shape index (κ3) is 4.87. The molecule has 6 heteroatoms. The van der Waals surface area contributed by atoms with E-state index in [0.29, 0.717) is 17.9 Å². The van der Waals surface area contributed by atoms with Crippen molar-refractivity contribution in [1.82, 2.24) is 0 Å². The molecular formula is C13H18N2O4. The molecular weight excluding hydrogens is 248 g/mol. The Morgan fingerprint density at radius 1 is 1.32 bits per heavy atom. The number of benzene rings is 1. The van der Waals surface area contributed by atoms with E-state index < -0.39 is 18.0 Å². The van der Waals surface area contributed by atoms with E-state index in [2.05, 4.69) is 0 Å². The van der Waals surface area contributed by atoms with Gasteiger partial charge in [-0.2, -0.15) is 0 Å². The van der Waals surface area contributed by atoms with Crippen molar-refractivity contribution in [2.75, 3.05) is 12.3 Å². The molecule has 0 saturated carbocycles. The van der Waals surface area contributed by atoms with Crippen LogP contribution in [0.2, 0.25) is 0 Å². The summed E-state index contributed by atoms with van der Waals surface area (Å²) >= 11 is 0. The summed E-state index contributed by atoms with van der Waals surface area (Å²) in [5.41, 5.74) is 11.2. The van der Waals surface area contributed by atoms with E-state index in [0.717, 1.165) is 0 Å². The summed E-state index contributed by atoms with van der Waals surface area (Å²) in [5.74, 6) is -0.665. The average molecular weight is 266 g/mol. The topological polar surface area (TPSA) is 105 Å². The maximum absolute atomic E-state index is 11.5. The number of rotatable bonds is 7. The van der Waals surface area contributed by atoms with Gasteiger partial charge in [0, 0.05) is 0 Å². The average Bonchev–Trinajstić information content (AvgIpc) is 2.38. The van der Waals surface area contributed by atoms with Crippen LogP contribution in [0.25, 0.3) is 0 Å². The van der Waals surface area contributed by atoms with E-state index in [1.54, 1.807) is 31.2 Å². The molecule has 4 N–H and O–H groups in total. The number of nitrogen functional groups attached to an aromatic ring is 1. The second-order valence-corrected chi connectivity index (χ2v) is 3.93. The van der Waals surface area contributed by atoms with Crippen molar-refractivity contribution in [2.45, 2.75) is 25.9 Å². The Morgan fingerprint density at radius 3 is 2.58 bits per heavy atom. The Labute approximate surface area is 111 Å². The highest BCUT2D eigenvalue weighted by Gasteiger charge is 2.17. The quantitative estimate of drug-likeness (QED) is 0.562. The lowest BCUT2D eigenvalue weighted by Crippen LogP contribution is -2.32. The van der Waals surface area contributed by atoms with Gasteiger partial charge in [-0.25, -0.2) is 0 Å². The van der Waals surface area contributed by atoms with Crippen molar-refractivity contribution in [1.29, 1.82) is 0 Å². The molecule has 0 aliphatic rings. The van der Waals surface area contributed by atoms with Gasteiger partial charge in [-0.3, -0.25) is 9.59 Å². The Hall–Kier alpha value is -2.24. The number of anilines is 1. The summed E-state index contributed by atoms with van der Waals surface area (Å²) < 4.78 is 10.2. The second kappa shape index (κ2) is 7.25. The standard InChI is InChI=1S/C13H18N2O4/c1-2-10(13(15)17)19-12(16)7-8-18-11-6-4-3-5-9(11)14/h3-6,10H,2,7-8,14H2,1H3,(H2,15,17). The van der Waals surface area contributed by atoms with Crippen molar-refractivity contribution >= 4 is 17.6 Å². The molecule has 1 atom stereocenters. The van der Waals surface area contributed by atoms with Gasteiger partial charge in [-0.15, -0.1) is 0 Å². The number of hydrogen-bond donors (Lipinski definition) is 2. The first-order valence-electron chi connectivity index (χ1n) is 6.00. The van der Waals surface area contributed by atoms with Crippen LogP contribution in [0.15, 0.2) is 24.3 Å². The first-order valence-corrected chi connectivity index (χ1v) is 6.00. The fourth-order valence-corrected chi connectivity index (χ4v) is 1.42. The molecule has 1 unspecified atom stereocenters. The van der Waals surface area contributed by atoms with Crippen molar-refractivity contribution < 1.29 is 19.1 Å². The zero-order valence-electron chi connectivity index (χ0n) is 10.8. The predicted molar refractivity (Wildman–Crippen MR) is 70.3 cm³/mol. The summed E-state index contributed by atoms with van der Waals surface area (Å²) in [5, 5.41) is 0. The molecule has 1 aromatic carbocycles. The Kier molecular flexibility index (Phi) is 5.66. The maximum atomic E-state index is 11.5. The molecule has 0 aromatic heterocycles. The first-order chi connectivity index (χ1) is 9.04. The van der Waals surface area contributed by atoms with Crippen LogP contribution in [0.3, 0.4) is 0 Å². The fourth-order valence-electron chi connectivity index (χ4n) is 1.42. The van der Waals surface area contributed by atoms with Crippen LogP contribution >= 0.6 is 0 Å². The van der Waals surface area contributed by atoms with Gasteiger partial charge in [0.1, 0.15) is 5.75 Å². The number of hydrogen-bond acceptors (Lipinski definition) is 5. The van der Waals surface area contributed by atoms with Gasteiger partial charge in [0.15, 0.2) is 6.10 Å². The van der Waals surface area contributed by atoms with E-state index in [1.165, 1.54) is 0 Å². The number of para-hydroxylation sites is 2. The van der Waals surface area contributed by atoms with Crippen molar-refractivity contribution in [3.8, 4) is 5.75 Å². The summed E-state index contributed by atoms with van der Waals surface area (Å²) in [6.07, 6.45) is -0.500. The van der Waals surface area contributed by atoms with Gasteiger partial charge < -0.3 is 20.9 Å². The lowest BCUT2D eigenvalue weighted by molar-refractivity contribution is -0.155. The molecule has 1 rings (SSSR count). The van der Waals surface area contributed by atoms with Crippen LogP contribution in [0, 0.1) is 0 Å². The molecule has 0 heterocycles. The molecule has 0 fully saturated rings. The molecule has 104 valence electrons. The minimum atomic E-state index is -0.880. The van der Waals surface area contributed by atoms with Crippen molar-refractivity contribution in [2.24, 2.45) is 5.73 Å². The Morgan fingerprint density at radius 2 is 2.00 bits per heavy atom.